The number of oxime groups is 1. The number of anilines is 1. The van der Waals surface area contributed by atoms with Crippen LogP contribution in [0.4, 0.5) is 5.69 Å². The summed E-state index contributed by atoms with van der Waals surface area (Å²) < 4.78 is 2.29. The second kappa shape index (κ2) is 4.70. The first-order valence-electron chi connectivity index (χ1n) is 5.68. The maximum Gasteiger partial charge on any atom is 0.270 e. The molecule has 0 radical (unpaired) electrons. The molecule has 5 heteroatoms. The Morgan fingerprint density at radius 3 is 2.79 bits per heavy atom. The molecule has 0 aliphatic heterocycles. The summed E-state index contributed by atoms with van der Waals surface area (Å²) in [6.45, 7) is 0. The minimum Gasteiger partial charge on any atom is -0.411 e. The molecular formula is C14H10N2O2S. The number of thiophene rings is 1. The smallest absolute Gasteiger partial charge is 0.270 e. The van der Waals surface area contributed by atoms with Gasteiger partial charge in [0.15, 0.2) is 0 Å². The summed E-state index contributed by atoms with van der Waals surface area (Å²) in [5.41, 5.74) is 0.722. The number of hydrogen-bond acceptors (Lipinski definition) is 4. The standard InChI is InChI=1S/C14H10N2O2S/c17-13(8-15-18)16-10-5-3-7-12-14(10)9-4-1-2-6-11(9)19-12/h1-8,18H,(H,16,17)/b15-8+. The van der Waals surface area contributed by atoms with Crippen LogP contribution in [0.2, 0.25) is 0 Å². The predicted molar refractivity (Wildman–Crippen MR) is 78.2 cm³/mol. The molecule has 1 heterocycles. The van der Waals surface area contributed by atoms with Crippen molar-refractivity contribution in [1.29, 1.82) is 0 Å². The first-order valence-corrected chi connectivity index (χ1v) is 6.50. The van der Waals surface area contributed by atoms with Crippen LogP contribution in [0.5, 0.6) is 0 Å². The van der Waals surface area contributed by atoms with Crippen molar-refractivity contribution >= 4 is 49.3 Å². The van der Waals surface area contributed by atoms with E-state index in [4.69, 9.17) is 5.21 Å². The minimum absolute atomic E-state index is 0.453. The summed E-state index contributed by atoms with van der Waals surface area (Å²) in [6, 6.07) is 13.8. The third-order valence-corrected chi connectivity index (χ3v) is 3.97. The molecule has 0 spiro atoms. The van der Waals surface area contributed by atoms with Crippen LogP contribution in [-0.2, 0) is 4.79 Å². The Morgan fingerprint density at radius 2 is 1.95 bits per heavy atom. The van der Waals surface area contributed by atoms with E-state index in [1.165, 1.54) is 4.70 Å². The summed E-state index contributed by atoms with van der Waals surface area (Å²) in [7, 11) is 0. The molecule has 2 aromatic carbocycles. The summed E-state index contributed by atoms with van der Waals surface area (Å²) in [5.74, 6) is -0.453. The number of benzene rings is 2. The predicted octanol–water partition coefficient (Wildman–Crippen LogP) is 3.45. The molecule has 0 saturated carbocycles. The van der Waals surface area contributed by atoms with Gasteiger partial charge in [0.1, 0.15) is 6.21 Å². The summed E-state index contributed by atoms with van der Waals surface area (Å²) in [5, 5.41) is 15.9. The monoisotopic (exact) mass is 270 g/mol. The lowest BCUT2D eigenvalue weighted by atomic mass is 10.1. The van der Waals surface area contributed by atoms with E-state index in [2.05, 4.69) is 16.5 Å². The fourth-order valence-corrected chi connectivity index (χ4v) is 3.23. The topological polar surface area (TPSA) is 61.7 Å². The first-order chi connectivity index (χ1) is 9.29. The van der Waals surface area contributed by atoms with Crippen molar-refractivity contribution in [1.82, 2.24) is 0 Å². The SMILES string of the molecule is O=C(/C=N/O)Nc1cccc2sc3ccccc3c12. The molecule has 4 nitrogen and oxygen atoms in total. The van der Waals surface area contributed by atoms with Gasteiger partial charge in [-0.25, -0.2) is 0 Å². The average molecular weight is 270 g/mol. The highest BCUT2D eigenvalue weighted by molar-refractivity contribution is 7.25. The number of hydrogen-bond donors (Lipinski definition) is 2. The van der Waals surface area contributed by atoms with Crippen LogP contribution in [0.15, 0.2) is 47.6 Å². The fourth-order valence-electron chi connectivity index (χ4n) is 2.10. The maximum atomic E-state index is 11.5. The molecule has 0 aliphatic carbocycles. The van der Waals surface area contributed by atoms with Crippen molar-refractivity contribution in [3.8, 4) is 0 Å². The molecule has 19 heavy (non-hydrogen) atoms. The average Bonchev–Trinajstić information content (AvgIpc) is 2.78. The number of nitrogens with one attached hydrogen (secondary N) is 1. The van der Waals surface area contributed by atoms with E-state index in [1.54, 1.807) is 11.3 Å². The van der Waals surface area contributed by atoms with Crippen molar-refractivity contribution in [3.05, 3.63) is 42.5 Å². The van der Waals surface area contributed by atoms with E-state index in [9.17, 15) is 4.79 Å². The lowest BCUT2D eigenvalue weighted by Gasteiger charge is -2.04. The molecule has 0 bridgehead atoms. The van der Waals surface area contributed by atoms with Crippen LogP contribution in [0.3, 0.4) is 0 Å². The Bertz CT molecular complexity index is 792. The number of rotatable bonds is 2. The van der Waals surface area contributed by atoms with Crippen molar-refractivity contribution in [2.45, 2.75) is 0 Å². The second-order valence-electron chi connectivity index (χ2n) is 4.01. The zero-order chi connectivity index (χ0) is 13.2. The fraction of sp³-hybridized carbons (Fsp3) is 0. The van der Waals surface area contributed by atoms with Gasteiger partial charge in [-0.15, -0.1) is 11.3 Å². The molecule has 0 fully saturated rings. The lowest BCUT2D eigenvalue weighted by molar-refractivity contribution is -0.110. The number of fused-ring (bicyclic) bond motifs is 3. The second-order valence-corrected chi connectivity index (χ2v) is 5.09. The molecule has 3 aromatic rings. The van der Waals surface area contributed by atoms with Gasteiger partial charge in [0.2, 0.25) is 0 Å². The Morgan fingerprint density at radius 1 is 1.16 bits per heavy atom. The van der Waals surface area contributed by atoms with Crippen LogP contribution in [-0.4, -0.2) is 17.3 Å². The van der Waals surface area contributed by atoms with E-state index >= 15 is 0 Å². The molecule has 94 valence electrons. The van der Waals surface area contributed by atoms with E-state index in [0.717, 1.165) is 27.4 Å². The van der Waals surface area contributed by atoms with Gasteiger partial charge >= 0.3 is 0 Å². The molecule has 0 aliphatic rings. The Balaban J connectivity index is 2.21. The molecule has 1 aromatic heterocycles. The van der Waals surface area contributed by atoms with Gasteiger partial charge in [-0.05, 0) is 18.2 Å². The molecule has 2 N–H and O–H groups in total. The van der Waals surface area contributed by atoms with Crippen LogP contribution in [0, 0.1) is 0 Å². The van der Waals surface area contributed by atoms with Crippen molar-refractivity contribution in [3.63, 3.8) is 0 Å². The largest absolute Gasteiger partial charge is 0.411 e. The van der Waals surface area contributed by atoms with Gasteiger partial charge in [-0.3, -0.25) is 4.79 Å². The van der Waals surface area contributed by atoms with Gasteiger partial charge in [-0.1, -0.05) is 29.4 Å². The van der Waals surface area contributed by atoms with Crippen LogP contribution < -0.4 is 5.32 Å². The van der Waals surface area contributed by atoms with E-state index in [-0.39, 0.29) is 0 Å². The Hall–Kier alpha value is -2.40. The highest BCUT2D eigenvalue weighted by Gasteiger charge is 2.10. The van der Waals surface area contributed by atoms with Gasteiger partial charge < -0.3 is 10.5 Å². The Labute approximate surface area is 113 Å². The third kappa shape index (κ3) is 2.04. The van der Waals surface area contributed by atoms with Crippen LogP contribution in [0.25, 0.3) is 20.2 Å². The summed E-state index contributed by atoms with van der Waals surface area (Å²) >= 11 is 1.68. The van der Waals surface area contributed by atoms with E-state index in [0.29, 0.717) is 0 Å². The lowest BCUT2D eigenvalue weighted by Crippen LogP contribution is -2.12. The number of carbonyl (C=O) groups excluding carboxylic acids is 1. The van der Waals surface area contributed by atoms with Gasteiger partial charge in [0, 0.05) is 20.2 Å². The summed E-state index contributed by atoms with van der Waals surface area (Å²) in [4.78, 5) is 11.5. The number of nitrogens with zero attached hydrogens (tertiary/aromatic N) is 1. The number of amides is 1. The van der Waals surface area contributed by atoms with Crippen LogP contribution in [0.1, 0.15) is 0 Å². The highest BCUT2D eigenvalue weighted by atomic mass is 32.1. The van der Waals surface area contributed by atoms with Gasteiger partial charge in [-0.2, -0.15) is 0 Å². The molecular weight excluding hydrogens is 260 g/mol. The molecule has 0 saturated heterocycles. The molecule has 3 rings (SSSR count). The molecule has 0 unspecified atom stereocenters. The van der Waals surface area contributed by atoms with E-state index in [1.807, 2.05) is 36.4 Å². The zero-order valence-corrected chi connectivity index (χ0v) is 10.6. The highest BCUT2D eigenvalue weighted by Crippen LogP contribution is 2.37. The quantitative estimate of drug-likeness (QED) is 0.425. The summed E-state index contributed by atoms with van der Waals surface area (Å²) in [6.07, 6.45) is 0.841. The Kier molecular flexibility index (Phi) is 2.89. The van der Waals surface area contributed by atoms with Crippen molar-refractivity contribution < 1.29 is 10.0 Å². The normalized spacial score (nSPS) is 11.4. The molecule has 0 atom stereocenters. The number of carbonyl (C=O) groups is 1. The van der Waals surface area contributed by atoms with Crippen LogP contribution >= 0.6 is 11.3 Å². The van der Waals surface area contributed by atoms with Crippen molar-refractivity contribution in [2.24, 2.45) is 5.16 Å². The minimum atomic E-state index is -0.453. The maximum absolute atomic E-state index is 11.5. The molecule has 1 amide bonds. The van der Waals surface area contributed by atoms with E-state index < -0.39 is 5.91 Å². The first kappa shape index (κ1) is 11.7. The van der Waals surface area contributed by atoms with Gasteiger partial charge in [0.25, 0.3) is 5.91 Å². The van der Waals surface area contributed by atoms with Crippen molar-refractivity contribution in [2.75, 3.05) is 5.32 Å². The zero-order valence-electron chi connectivity index (χ0n) is 9.83. The third-order valence-electron chi connectivity index (χ3n) is 2.84. The van der Waals surface area contributed by atoms with Gasteiger partial charge in [0.05, 0.1) is 5.69 Å².